The summed E-state index contributed by atoms with van der Waals surface area (Å²) in [6.45, 7) is 5.58. The fraction of sp³-hybridized carbons (Fsp3) is 0.357. The van der Waals surface area contributed by atoms with E-state index >= 15 is 0 Å². The van der Waals surface area contributed by atoms with E-state index in [4.69, 9.17) is 5.14 Å². The third kappa shape index (κ3) is 5.14. The summed E-state index contributed by atoms with van der Waals surface area (Å²) >= 11 is 0. The van der Waals surface area contributed by atoms with Crippen molar-refractivity contribution in [1.82, 2.24) is 5.32 Å². The monoisotopic (exact) mass is 296 g/mol. The first-order valence-electron chi connectivity index (χ1n) is 6.39. The molecular weight excluding hydrogens is 276 g/mol. The Bertz CT molecular complexity index is 565. The first-order chi connectivity index (χ1) is 9.34. The fourth-order valence-corrected chi connectivity index (χ4v) is 2.26. The molecule has 0 aromatic heterocycles. The number of benzene rings is 1. The second-order valence-electron chi connectivity index (χ2n) is 4.66. The zero-order valence-corrected chi connectivity index (χ0v) is 12.3. The Morgan fingerprint density at radius 3 is 2.50 bits per heavy atom. The van der Waals surface area contributed by atoms with Crippen molar-refractivity contribution in [3.63, 3.8) is 0 Å². The number of carbonyl (C=O) groups is 1. The van der Waals surface area contributed by atoms with Crippen LogP contribution in [0.4, 0.5) is 0 Å². The van der Waals surface area contributed by atoms with E-state index < -0.39 is 10.0 Å². The molecule has 1 rings (SSSR count). The highest BCUT2D eigenvalue weighted by Crippen LogP contribution is 2.09. The summed E-state index contributed by atoms with van der Waals surface area (Å²) in [4.78, 5) is 11.9. The third-order valence-electron chi connectivity index (χ3n) is 2.87. The summed E-state index contributed by atoms with van der Waals surface area (Å²) in [6, 6.07) is 5.61. The van der Waals surface area contributed by atoms with E-state index in [1.54, 1.807) is 0 Å². The van der Waals surface area contributed by atoms with Gasteiger partial charge in [0.05, 0.1) is 4.90 Å². The Hall–Kier alpha value is -1.66. The van der Waals surface area contributed by atoms with Gasteiger partial charge >= 0.3 is 0 Å². The summed E-state index contributed by atoms with van der Waals surface area (Å²) < 4.78 is 22.2. The molecule has 0 radical (unpaired) electrons. The lowest BCUT2D eigenvalue weighted by Crippen LogP contribution is -2.32. The van der Waals surface area contributed by atoms with Crippen LogP contribution in [0.2, 0.25) is 0 Å². The molecule has 0 fully saturated rings. The smallest absolute Gasteiger partial charge is 0.251 e. The van der Waals surface area contributed by atoms with Crippen molar-refractivity contribution in [3.05, 3.63) is 42.5 Å². The fourth-order valence-electron chi connectivity index (χ4n) is 1.74. The topological polar surface area (TPSA) is 89.3 Å². The minimum atomic E-state index is -3.72. The van der Waals surface area contributed by atoms with Crippen molar-refractivity contribution >= 4 is 15.9 Å². The second kappa shape index (κ2) is 7.21. The van der Waals surface area contributed by atoms with Crippen LogP contribution in [0.5, 0.6) is 0 Å². The summed E-state index contributed by atoms with van der Waals surface area (Å²) in [6.07, 6.45) is 4.60. The Morgan fingerprint density at radius 2 is 2.00 bits per heavy atom. The number of nitrogens with two attached hydrogens (primary N) is 1. The summed E-state index contributed by atoms with van der Waals surface area (Å²) in [5.74, 6) is -0.225. The number of sulfonamides is 1. The van der Waals surface area contributed by atoms with Crippen LogP contribution < -0.4 is 10.5 Å². The van der Waals surface area contributed by atoms with E-state index in [-0.39, 0.29) is 16.8 Å². The van der Waals surface area contributed by atoms with Gasteiger partial charge in [0.25, 0.3) is 5.91 Å². The molecule has 1 atom stereocenters. The number of hydrogen-bond acceptors (Lipinski definition) is 3. The Kier molecular flexibility index (Phi) is 5.91. The van der Waals surface area contributed by atoms with Crippen LogP contribution in [0.3, 0.4) is 0 Å². The van der Waals surface area contributed by atoms with Crippen LogP contribution in [-0.2, 0) is 10.0 Å². The molecule has 0 aliphatic rings. The zero-order valence-electron chi connectivity index (χ0n) is 11.5. The minimum Gasteiger partial charge on any atom is -0.350 e. The highest BCUT2D eigenvalue weighted by Gasteiger charge is 2.12. The maximum Gasteiger partial charge on any atom is 0.251 e. The summed E-state index contributed by atoms with van der Waals surface area (Å²) in [5.41, 5.74) is 0.410. The molecule has 0 bridgehead atoms. The number of primary sulfonamides is 1. The molecule has 3 N–H and O–H groups in total. The van der Waals surface area contributed by atoms with Crippen molar-refractivity contribution in [2.24, 2.45) is 5.14 Å². The molecular formula is C14H20N2O3S. The quantitative estimate of drug-likeness (QED) is 0.594. The van der Waals surface area contributed by atoms with E-state index in [0.29, 0.717) is 5.56 Å². The van der Waals surface area contributed by atoms with Gasteiger partial charge in [0.1, 0.15) is 0 Å². The SMILES string of the molecule is C=CCCC[C@@H](C)NC(=O)c1ccc(S(N)(=O)=O)cc1. The molecule has 0 aliphatic carbocycles. The van der Waals surface area contributed by atoms with E-state index in [1.165, 1.54) is 24.3 Å². The first-order valence-corrected chi connectivity index (χ1v) is 7.94. The lowest BCUT2D eigenvalue weighted by Gasteiger charge is -2.13. The van der Waals surface area contributed by atoms with E-state index in [2.05, 4.69) is 11.9 Å². The standard InChI is InChI=1S/C14H20N2O3S/c1-3-4-5-6-11(2)16-14(17)12-7-9-13(10-8-12)20(15,18)19/h3,7-11H,1,4-6H2,2H3,(H,16,17)(H2,15,18,19)/t11-/m1/s1. The molecule has 110 valence electrons. The molecule has 0 unspecified atom stereocenters. The average molecular weight is 296 g/mol. The van der Waals surface area contributed by atoms with Crippen LogP contribution in [0.15, 0.2) is 41.8 Å². The van der Waals surface area contributed by atoms with E-state index in [9.17, 15) is 13.2 Å². The first kappa shape index (κ1) is 16.4. The molecule has 1 aromatic carbocycles. The van der Waals surface area contributed by atoms with Gasteiger partial charge in [0.15, 0.2) is 0 Å². The summed E-state index contributed by atoms with van der Waals surface area (Å²) in [5, 5.41) is 7.85. The van der Waals surface area contributed by atoms with Gasteiger partial charge < -0.3 is 5.32 Å². The lowest BCUT2D eigenvalue weighted by molar-refractivity contribution is 0.0938. The number of unbranched alkanes of at least 4 members (excludes halogenated alkanes) is 1. The van der Waals surface area contributed by atoms with Gasteiger partial charge in [-0.3, -0.25) is 4.79 Å². The van der Waals surface area contributed by atoms with Gasteiger partial charge in [-0.05, 0) is 50.5 Å². The van der Waals surface area contributed by atoms with Crippen molar-refractivity contribution in [2.45, 2.75) is 37.1 Å². The van der Waals surface area contributed by atoms with Gasteiger partial charge in [-0.2, -0.15) is 0 Å². The number of amides is 1. The number of nitrogens with one attached hydrogen (secondary N) is 1. The van der Waals surface area contributed by atoms with Crippen molar-refractivity contribution in [1.29, 1.82) is 0 Å². The van der Waals surface area contributed by atoms with E-state index in [0.717, 1.165) is 19.3 Å². The van der Waals surface area contributed by atoms with Crippen molar-refractivity contribution < 1.29 is 13.2 Å². The Morgan fingerprint density at radius 1 is 1.40 bits per heavy atom. The highest BCUT2D eigenvalue weighted by molar-refractivity contribution is 7.89. The average Bonchev–Trinajstić information content (AvgIpc) is 2.38. The molecule has 1 amide bonds. The van der Waals surface area contributed by atoms with E-state index in [1.807, 2.05) is 13.0 Å². The van der Waals surface area contributed by atoms with Crippen LogP contribution in [0.1, 0.15) is 36.5 Å². The highest BCUT2D eigenvalue weighted by atomic mass is 32.2. The zero-order chi connectivity index (χ0) is 15.2. The molecule has 0 saturated heterocycles. The van der Waals surface area contributed by atoms with Crippen LogP contribution in [0, 0.1) is 0 Å². The van der Waals surface area contributed by atoms with Gasteiger partial charge in [0, 0.05) is 11.6 Å². The van der Waals surface area contributed by atoms with Crippen LogP contribution in [0.25, 0.3) is 0 Å². The number of allylic oxidation sites excluding steroid dienone is 1. The lowest BCUT2D eigenvalue weighted by atomic mass is 10.1. The predicted molar refractivity (Wildman–Crippen MR) is 78.8 cm³/mol. The molecule has 0 aliphatic heterocycles. The van der Waals surface area contributed by atoms with Crippen LogP contribution in [-0.4, -0.2) is 20.4 Å². The summed E-state index contributed by atoms with van der Waals surface area (Å²) in [7, 11) is -3.72. The third-order valence-corrected chi connectivity index (χ3v) is 3.80. The number of rotatable bonds is 7. The number of carbonyl (C=O) groups excluding carboxylic acids is 1. The normalized spacial score (nSPS) is 12.7. The van der Waals surface area contributed by atoms with Gasteiger partial charge in [0.2, 0.25) is 10.0 Å². The molecule has 0 spiro atoms. The maximum absolute atomic E-state index is 11.9. The predicted octanol–water partition coefficient (Wildman–Crippen LogP) is 1.81. The second-order valence-corrected chi connectivity index (χ2v) is 6.22. The molecule has 6 heteroatoms. The maximum atomic E-state index is 11.9. The molecule has 0 saturated carbocycles. The van der Waals surface area contributed by atoms with Gasteiger partial charge in [-0.25, -0.2) is 13.6 Å². The number of hydrogen-bond donors (Lipinski definition) is 2. The molecule has 5 nitrogen and oxygen atoms in total. The molecule has 0 heterocycles. The van der Waals surface area contributed by atoms with Crippen molar-refractivity contribution in [2.75, 3.05) is 0 Å². The van der Waals surface area contributed by atoms with Gasteiger partial charge in [-0.1, -0.05) is 6.08 Å². The molecule has 20 heavy (non-hydrogen) atoms. The minimum absolute atomic E-state index is 0.00641. The van der Waals surface area contributed by atoms with Crippen LogP contribution >= 0.6 is 0 Å². The van der Waals surface area contributed by atoms with Gasteiger partial charge in [-0.15, -0.1) is 6.58 Å². The Labute approximate surface area is 119 Å². The largest absolute Gasteiger partial charge is 0.350 e. The van der Waals surface area contributed by atoms with Crippen molar-refractivity contribution in [3.8, 4) is 0 Å². The molecule has 1 aromatic rings. The Balaban J connectivity index is 2.62.